The molecule has 5 rings (SSSR count). The monoisotopic (exact) mass is 827 g/mol. The first-order chi connectivity index (χ1) is 27.7. The fourth-order valence-corrected chi connectivity index (χ4v) is 8.85. The van der Waals surface area contributed by atoms with Crippen molar-refractivity contribution in [2.75, 3.05) is 27.7 Å². The van der Waals surface area contributed by atoms with E-state index in [1.807, 2.05) is 25.9 Å². The zero-order valence-corrected chi connectivity index (χ0v) is 35.7. The molecule has 3 aliphatic heterocycles. The highest BCUT2D eigenvalue weighted by Gasteiger charge is 2.61. The molecule has 3 aliphatic rings. The molecule has 3 saturated heterocycles. The number of aliphatic hydroxyl groups is 1. The van der Waals surface area contributed by atoms with E-state index in [1.165, 1.54) is 36.7 Å². The number of methoxy groups -OCH3 is 1. The number of hydrogen-bond donors (Lipinski definition) is 1. The van der Waals surface area contributed by atoms with E-state index in [0.29, 0.717) is 17.8 Å². The second kappa shape index (κ2) is 18.1. The lowest BCUT2D eigenvalue weighted by molar-refractivity contribution is -0.295. The fraction of sp³-hybridized carbons (Fsp3) is 0.707. The summed E-state index contributed by atoms with van der Waals surface area (Å²) in [5, 5.41) is 19.6. The number of ketones is 2. The summed E-state index contributed by atoms with van der Waals surface area (Å²) >= 11 is 0. The SMILES string of the molecule is CC[C@H]1OC(=O)[C@@](C)(F)C(=O)[C@H](C)[C@@H](O[C@@H]2O[C@H](C)CC(N(C)C)C2O)[C@](C)(OC)C[C@@H](C)C(=O)[C@H](C)[C@H]2N(CC#CCn3cc(-c4cnccn4)nn3)C(=O)O[C@]12C. The number of alkyl halides is 1. The smallest absolute Gasteiger partial charge is 0.411 e. The predicted molar refractivity (Wildman–Crippen MR) is 209 cm³/mol. The van der Waals surface area contributed by atoms with E-state index < -0.39 is 83.1 Å². The van der Waals surface area contributed by atoms with E-state index in [4.69, 9.17) is 23.7 Å². The Kier molecular flexibility index (Phi) is 14.0. The van der Waals surface area contributed by atoms with Crippen LogP contribution in [0.15, 0.2) is 24.8 Å². The standard InChI is InChI=1S/C41H58FN7O10/c1-12-30-41(8)33(49(38(54)59-41)18-14-13-17-48-22-28(45-46-48)27-21-43-15-16-44-27)25(4)31(50)23(2)20-39(6,55-11)35(26(5)34(52)40(7,42)37(53)57-30)58-36-32(51)29(47(9)10)19-24(3)56-36/h15-16,21-26,29-30,32-33,35-36,51H,12,17-20H2,1-11H3/t23-,24-,25+,26+,29?,30-,32?,33-,35-,36+,39-,40+,41-/m1/s1. The first-order valence-corrected chi connectivity index (χ1v) is 20.0. The quantitative estimate of drug-likeness (QED) is 0.231. The first kappa shape index (κ1) is 45.7. The van der Waals surface area contributed by atoms with Gasteiger partial charge in [0, 0.05) is 43.3 Å². The Morgan fingerprint density at radius 1 is 1.03 bits per heavy atom. The molecule has 18 heteroatoms. The summed E-state index contributed by atoms with van der Waals surface area (Å²) in [7, 11) is 5.01. The third-order valence-corrected chi connectivity index (χ3v) is 12.2. The van der Waals surface area contributed by atoms with Crippen LogP contribution in [0, 0.1) is 29.6 Å². The molecule has 0 aromatic carbocycles. The molecule has 5 heterocycles. The second-order valence-electron chi connectivity index (χ2n) is 16.8. The van der Waals surface area contributed by atoms with Crippen molar-refractivity contribution in [2.45, 2.75) is 141 Å². The lowest BCUT2D eigenvalue weighted by Gasteiger charge is -2.47. The van der Waals surface area contributed by atoms with Gasteiger partial charge in [0.05, 0.1) is 42.8 Å². The number of Topliss-reactive ketones (excluding diaryl/α,β-unsaturated/α-hetero) is 2. The second-order valence-corrected chi connectivity index (χ2v) is 16.8. The number of ether oxygens (including phenoxy) is 5. The van der Waals surface area contributed by atoms with Gasteiger partial charge in [0.1, 0.15) is 35.9 Å². The summed E-state index contributed by atoms with van der Waals surface area (Å²) in [5.41, 5.74) is -5.34. The number of esters is 1. The number of carbonyl (C=O) groups is 4. The highest BCUT2D eigenvalue weighted by Crippen LogP contribution is 2.43. The van der Waals surface area contributed by atoms with Crippen LogP contribution in [0.4, 0.5) is 9.18 Å². The van der Waals surface area contributed by atoms with E-state index in [2.05, 4.69) is 32.1 Å². The van der Waals surface area contributed by atoms with Crippen molar-refractivity contribution >= 4 is 23.6 Å². The molecular weight excluding hydrogens is 769 g/mol. The molecule has 2 unspecified atom stereocenters. The minimum Gasteiger partial charge on any atom is -0.455 e. The van der Waals surface area contributed by atoms with Gasteiger partial charge in [-0.3, -0.25) is 24.5 Å². The molecule has 17 nitrogen and oxygen atoms in total. The van der Waals surface area contributed by atoms with Gasteiger partial charge in [0.2, 0.25) is 0 Å². The third-order valence-electron chi connectivity index (χ3n) is 12.2. The normalized spacial score (nSPS) is 37.3. The van der Waals surface area contributed by atoms with E-state index in [0.717, 1.165) is 6.92 Å². The Bertz CT molecular complexity index is 1900. The lowest BCUT2D eigenvalue weighted by atomic mass is 9.73. The maximum atomic E-state index is 16.9. The van der Waals surface area contributed by atoms with Crippen LogP contribution in [0.25, 0.3) is 11.4 Å². The van der Waals surface area contributed by atoms with Gasteiger partial charge in [0.15, 0.2) is 17.7 Å². The van der Waals surface area contributed by atoms with E-state index in [-0.39, 0.29) is 43.9 Å². The van der Waals surface area contributed by atoms with Crippen LogP contribution < -0.4 is 0 Å². The molecule has 0 radical (unpaired) electrons. The maximum Gasteiger partial charge on any atom is 0.411 e. The Labute approximate surface area is 344 Å². The minimum absolute atomic E-state index is 0.0395. The van der Waals surface area contributed by atoms with Gasteiger partial charge < -0.3 is 33.7 Å². The number of aliphatic hydroxyl groups excluding tert-OH is 1. The van der Waals surface area contributed by atoms with Crippen LogP contribution in [0.3, 0.4) is 0 Å². The van der Waals surface area contributed by atoms with Gasteiger partial charge in [-0.25, -0.2) is 18.7 Å². The third kappa shape index (κ3) is 9.19. The van der Waals surface area contributed by atoms with Crippen LogP contribution in [-0.2, 0) is 44.6 Å². The van der Waals surface area contributed by atoms with Gasteiger partial charge >= 0.3 is 12.1 Å². The summed E-state index contributed by atoms with van der Waals surface area (Å²) < 4.78 is 48.7. The summed E-state index contributed by atoms with van der Waals surface area (Å²) in [6.07, 6.45) is 0.553. The number of carbonyl (C=O) groups excluding carboxylic acids is 4. The van der Waals surface area contributed by atoms with Gasteiger partial charge in [-0.1, -0.05) is 44.7 Å². The summed E-state index contributed by atoms with van der Waals surface area (Å²) in [4.78, 5) is 67.9. The van der Waals surface area contributed by atoms with Crippen LogP contribution in [0.5, 0.6) is 0 Å². The molecule has 0 saturated carbocycles. The average Bonchev–Trinajstić information content (AvgIpc) is 3.78. The molecule has 13 atom stereocenters. The number of aromatic nitrogens is 5. The number of nitrogens with zero attached hydrogens (tertiary/aromatic N) is 7. The van der Waals surface area contributed by atoms with Crippen molar-refractivity contribution in [1.29, 1.82) is 0 Å². The maximum absolute atomic E-state index is 16.9. The average molecular weight is 828 g/mol. The zero-order valence-electron chi connectivity index (χ0n) is 35.7. The Hall–Kier alpha value is -4.41. The molecular formula is C41H58FN7O10. The molecule has 2 aromatic heterocycles. The molecule has 1 N–H and O–H groups in total. The van der Waals surface area contributed by atoms with Crippen LogP contribution in [0.2, 0.25) is 0 Å². The molecule has 59 heavy (non-hydrogen) atoms. The number of likely N-dealkylation sites (N-methyl/N-ethyl adjacent to an activating group) is 1. The highest BCUT2D eigenvalue weighted by molar-refractivity contribution is 6.08. The summed E-state index contributed by atoms with van der Waals surface area (Å²) in [6, 6.07) is -1.43. The van der Waals surface area contributed by atoms with Crippen molar-refractivity contribution in [2.24, 2.45) is 17.8 Å². The number of cyclic esters (lactones) is 1. The van der Waals surface area contributed by atoms with Gasteiger partial charge in [0.25, 0.3) is 5.67 Å². The molecule has 324 valence electrons. The topological polar surface area (TPSA) is 198 Å². The Balaban J connectivity index is 1.50. The van der Waals surface area contributed by atoms with Crippen LogP contribution in [0.1, 0.15) is 74.7 Å². The van der Waals surface area contributed by atoms with E-state index in [1.54, 1.807) is 46.3 Å². The van der Waals surface area contributed by atoms with Crippen molar-refractivity contribution < 1.29 is 52.4 Å². The molecule has 0 spiro atoms. The van der Waals surface area contributed by atoms with E-state index >= 15 is 4.39 Å². The fourth-order valence-electron chi connectivity index (χ4n) is 8.85. The van der Waals surface area contributed by atoms with Crippen LogP contribution in [-0.4, -0.2) is 151 Å². The van der Waals surface area contributed by atoms with Crippen molar-refractivity contribution in [3.05, 3.63) is 24.8 Å². The van der Waals surface area contributed by atoms with Crippen molar-refractivity contribution in [1.82, 2.24) is 34.8 Å². The number of fused-ring (bicyclic) bond motifs is 1. The predicted octanol–water partition coefficient (Wildman–Crippen LogP) is 3.03. The first-order valence-electron chi connectivity index (χ1n) is 20.0. The van der Waals surface area contributed by atoms with Gasteiger partial charge in [-0.2, -0.15) is 0 Å². The molecule has 1 amide bonds. The molecule has 2 aromatic rings. The number of amides is 1. The summed E-state index contributed by atoms with van der Waals surface area (Å²) in [6.45, 7) is 12.2. The largest absolute Gasteiger partial charge is 0.455 e. The van der Waals surface area contributed by atoms with Crippen molar-refractivity contribution in [3.8, 4) is 23.2 Å². The molecule has 0 aliphatic carbocycles. The number of hydrogen-bond acceptors (Lipinski definition) is 15. The Morgan fingerprint density at radius 3 is 2.36 bits per heavy atom. The van der Waals surface area contributed by atoms with Gasteiger partial charge in [-0.05, 0) is 61.1 Å². The summed E-state index contributed by atoms with van der Waals surface area (Å²) in [5.74, 6) is -0.132. The highest BCUT2D eigenvalue weighted by atomic mass is 19.1. The number of rotatable bonds is 8. The zero-order chi connectivity index (χ0) is 43.6. The lowest BCUT2D eigenvalue weighted by Crippen LogP contribution is -2.61. The van der Waals surface area contributed by atoms with Gasteiger partial charge in [-0.15, -0.1) is 5.10 Å². The van der Waals surface area contributed by atoms with Crippen molar-refractivity contribution in [3.63, 3.8) is 0 Å². The van der Waals surface area contributed by atoms with Crippen LogP contribution >= 0.6 is 0 Å². The Morgan fingerprint density at radius 2 is 1.73 bits per heavy atom. The molecule has 0 bridgehead atoms. The van der Waals surface area contributed by atoms with E-state index in [9.17, 15) is 24.3 Å². The number of halogens is 1. The minimum atomic E-state index is -3.21. The molecule has 3 fully saturated rings.